The zero-order valence-electron chi connectivity index (χ0n) is 12.2. The minimum Gasteiger partial charge on any atom is -0.486 e. The number of benzene rings is 1. The molecule has 0 spiro atoms. The average molecular weight is 294 g/mol. The van der Waals surface area contributed by atoms with Crippen LogP contribution in [-0.4, -0.2) is 43.9 Å². The van der Waals surface area contributed by atoms with Crippen molar-refractivity contribution in [3.8, 4) is 11.5 Å². The van der Waals surface area contributed by atoms with Gasteiger partial charge in [0.05, 0.1) is 6.10 Å². The maximum absolute atomic E-state index is 10.7. The second-order valence-corrected chi connectivity index (χ2v) is 4.94. The molecule has 1 unspecified atom stereocenters. The van der Waals surface area contributed by atoms with Gasteiger partial charge in [-0.3, -0.25) is 4.79 Å². The normalized spacial score (nSPS) is 14.6. The van der Waals surface area contributed by atoms with Crippen molar-refractivity contribution in [1.29, 1.82) is 0 Å². The monoisotopic (exact) mass is 294 g/mol. The van der Waals surface area contributed by atoms with Crippen molar-refractivity contribution >= 4 is 5.91 Å². The Morgan fingerprint density at radius 2 is 2.00 bits per heavy atom. The van der Waals surface area contributed by atoms with Crippen LogP contribution in [-0.2, 0) is 4.79 Å². The summed E-state index contributed by atoms with van der Waals surface area (Å²) in [5.74, 6) is 1.38. The van der Waals surface area contributed by atoms with E-state index >= 15 is 0 Å². The van der Waals surface area contributed by atoms with E-state index < -0.39 is 6.10 Å². The van der Waals surface area contributed by atoms with Gasteiger partial charge in [0.25, 0.3) is 0 Å². The molecule has 1 atom stereocenters. The van der Waals surface area contributed by atoms with Crippen molar-refractivity contribution in [3.05, 3.63) is 23.8 Å². The summed E-state index contributed by atoms with van der Waals surface area (Å²) in [6, 6.07) is 5.52. The van der Waals surface area contributed by atoms with Gasteiger partial charge >= 0.3 is 0 Å². The Labute approximate surface area is 124 Å². The smallest absolute Gasteiger partial charge is 0.216 e. The lowest BCUT2D eigenvalue weighted by atomic mass is 10.1. The van der Waals surface area contributed by atoms with Gasteiger partial charge < -0.3 is 25.2 Å². The van der Waals surface area contributed by atoms with Crippen molar-refractivity contribution in [2.24, 2.45) is 0 Å². The Morgan fingerprint density at radius 1 is 1.24 bits per heavy atom. The number of hydrogen-bond acceptors (Lipinski definition) is 5. The minimum atomic E-state index is -0.547. The summed E-state index contributed by atoms with van der Waals surface area (Å²) in [5, 5.41) is 16.0. The Balaban J connectivity index is 1.73. The lowest BCUT2D eigenvalue weighted by molar-refractivity contribution is -0.118. The third-order valence-corrected chi connectivity index (χ3v) is 3.22. The minimum absolute atomic E-state index is 0.0342. The van der Waals surface area contributed by atoms with Gasteiger partial charge in [-0.15, -0.1) is 0 Å². The molecule has 0 aromatic heterocycles. The quantitative estimate of drug-likeness (QED) is 0.642. The number of hydrogen-bond donors (Lipinski definition) is 3. The van der Waals surface area contributed by atoms with Gasteiger partial charge in [-0.1, -0.05) is 6.07 Å². The lowest BCUT2D eigenvalue weighted by Crippen LogP contribution is -2.31. The number of ether oxygens (including phenoxy) is 2. The van der Waals surface area contributed by atoms with E-state index in [2.05, 4.69) is 10.6 Å². The number of carbonyl (C=O) groups is 1. The van der Waals surface area contributed by atoms with E-state index in [-0.39, 0.29) is 5.91 Å². The van der Waals surface area contributed by atoms with Crippen molar-refractivity contribution in [2.75, 3.05) is 32.8 Å². The van der Waals surface area contributed by atoms with Crippen LogP contribution in [0.3, 0.4) is 0 Å². The molecule has 3 N–H and O–H groups in total. The van der Waals surface area contributed by atoms with Gasteiger partial charge in [0, 0.05) is 20.0 Å². The summed E-state index contributed by atoms with van der Waals surface area (Å²) in [7, 11) is 0. The zero-order valence-corrected chi connectivity index (χ0v) is 12.2. The molecule has 1 aromatic carbocycles. The predicted molar refractivity (Wildman–Crippen MR) is 78.6 cm³/mol. The highest BCUT2D eigenvalue weighted by atomic mass is 16.6. The molecule has 1 aliphatic rings. The number of aliphatic hydroxyl groups is 1. The molecule has 2 rings (SSSR count). The first-order valence-corrected chi connectivity index (χ1v) is 7.19. The van der Waals surface area contributed by atoms with Crippen LogP contribution in [0.1, 0.15) is 25.0 Å². The number of amides is 1. The third kappa shape index (κ3) is 4.91. The van der Waals surface area contributed by atoms with Crippen molar-refractivity contribution in [1.82, 2.24) is 10.6 Å². The fraction of sp³-hybridized carbons (Fsp3) is 0.533. The van der Waals surface area contributed by atoms with Crippen LogP contribution in [0.25, 0.3) is 0 Å². The summed E-state index contributed by atoms with van der Waals surface area (Å²) in [5.41, 5.74) is 0.822. The van der Waals surface area contributed by atoms with Crippen LogP contribution in [0.4, 0.5) is 0 Å². The van der Waals surface area contributed by atoms with E-state index in [0.717, 1.165) is 11.3 Å². The van der Waals surface area contributed by atoms with Crippen LogP contribution in [0, 0.1) is 0 Å². The number of carbonyl (C=O) groups excluding carboxylic acids is 1. The zero-order chi connectivity index (χ0) is 15.1. The van der Waals surface area contributed by atoms with Crippen molar-refractivity contribution in [3.63, 3.8) is 0 Å². The largest absolute Gasteiger partial charge is 0.486 e. The van der Waals surface area contributed by atoms with Crippen LogP contribution < -0.4 is 20.1 Å². The molecule has 1 amide bonds. The molecule has 0 aliphatic carbocycles. The molecule has 0 saturated carbocycles. The van der Waals surface area contributed by atoms with E-state index in [9.17, 15) is 9.90 Å². The molecular weight excluding hydrogens is 272 g/mol. The highest BCUT2D eigenvalue weighted by Crippen LogP contribution is 2.33. The first kappa shape index (κ1) is 15.6. The maximum Gasteiger partial charge on any atom is 0.216 e. The van der Waals surface area contributed by atoms with Gasteiger partial charge in [0.2, 0.25) is 5.91 Å². The van der Waals surface area contributed by atoms with Crippen molar-refractivity contribution < 1.29 is 19.4 Å². The van der Waals surface area contributed by atoms with E-state index in [1.165, 1.54) is 6.92 Å². The second kappa shape index (κ2) is 7.85. The summed E-state index contributed by atoms with van der Waals surface area (Å²) in [6.45, 7) is 4.55. The van der Waals surface area contributed by atoms with Gasteiger partial charge in [0.15, 0.2) is 11.5 Å². The summed E-state index contributed by atoms with van der Waals surface area (Å²) < 4.78 is 11.0. The third-order valence-electron chi connectivity index (χ3n) is 3.22. The summed E-state index contributed by atoms with van der Waals surface area (Å²) in [4.78, 5) is 10.7. The van der Waals surface area contributed by atoms with Gasteiger partial charge in [-0.25, -0.2) is 0 Å². The second-order valence-electron chi connectivity index (χ2n) is 4.94. The SMILES string of the molecule is CC(=O)NCCNCCC(O)c1ccc2c(c1)OCCO2. The van der Waals surface area contributed by atoms with E-state index in [4.69, 9.17) is 9.47 Å². The number of nitrogens with one attached hydrogen (secondary N) is 2. The topological polar surface area (TPSA) is 79.8 Å². The number of aliphatic hydroxyl groups excluding tert-OH is 1. The molecule has 0 saturated heterocycles. The molecular formula is C15H22N2O4. The Morgan fingerprint density at radius 3 is 2.76 bits per heavy atom. The van der Waals surface area contributed by atoms with Gasteiger partial charge in [-0.05, 0) is 30.7 Å². The standard InChI is InChI=1S/C15H22N2O4/c1-11(18)17-7-6-16-5-4-13(19)12-2-3-14-15(10-12)21-9-8-20-14/h2-3,10,13,16,19H,4-9H2,1H3,(H,17,18). The molecule has 0 bridgehead atoms. The van der Waals surface area contributed by atoms with Crippen LogP contribution in [0.5, 0.6) is 11.5 Å². The Hall–Kier alpha value is -1.79. The molecule has 21 heavy (non-hydrogen) atoms. The average Bonchev–Trinajstić information content (AvgIpc) is 2.49. The number of fused-ring (bicyclic) bond motifs is 1. The lowest BCUT2D eigenvalue weighted by Gasteiger charge is -2.20. The summed E-state index contributed by atoms with van der Waals surface area (Å²) >= 11 is 0. The maximum atomic E-state index is 10.7. The molecule has 6 nitrogen and oxygen atoms in total. The van der Waals surface area contributed by atoms with Crippen LogP contribution >= 0.6 is 0 Å². The van der Waals surface area contributed by atoms with E-state index in [0.29, 0.717) is 45.0 Å². The molecule has 1 aliphatic heterocycles. The molecule has 1 heterocycles. The van der Waals surface area contributed by atoms with Crippen molar-refractivity contribution in [2.45, 2.75) is 19.4 Å². The van der Waals surface area contributed by atoms with Gasteiger partial charge in [-0.2, -0.15) is 0 Å². The predicted octanol–water partition coefficient (Wildman–Crippen LogP) is 0.607. The molecule has 1 aromatic rings. The van der Waals surface area contributed by atoms with E-state index in [1.807, 2.05) is 18.2 Å². The molecule has 6 heteroatoms. The van der Waals surface area contributed by atoms with E-state index in [1.54, 1.807) is 0 Å². The highest BCUT2D eigenvalue weighted by molar-refractivity contribution is 5.72. The molecule has 0 radical (unpaired) electrons. The molecule has 0 fully saturated rings. The first-order valence-electron chi connectivity index (χ1n) is 7.19. The highest BCUT2D eigenvalue weighted by Gasteiger charge is 2.15. The fourth-order valence-electron chi connectivity index (χ4n) is 2.12. The van der Waals surface area contributed by atoms with Gasteiger partial charge in [0.1, 0.15) is 13.2 Å². The number of rotatable bonds is 7. The first-order chi connectivity index (χ1) is 10.2. The summed E-state index contributed by atoms with van der Waals surface area (Å²) in [6.07, 6.45) is 0.0498. The Bertz CT molecular complexity index is 479. The van der Waals surface area contributed by atoms with Crippen LogP contribution in [0.2, 0.25) is 0 Å². The Kier molecular flexibility index (Phi) is 5.83. The molecule has 116 valence electrons. The fourth-order valence-corrected chi connectivity index (χ4v) is 2.12. The van der Waals surface area contributed by atoms with Crippen LogP contribution in [0.15, 0.2) is 18.2 Å².